The maximum absolute atomic E-state index is 9.06. The Morgan fingerprint density at radius 1 is 1.00 bits per heavy atom. The summed E-state index contributed by atoms with van der Waals surface area (Å²) < 4.78 is 0. The number of hydrogen-bond acceptors (Lipinski definition) is 5. The molecule has 0 aliphatic rings. The lowest BCUT2D eigenvalue weighted by Crippen LogP contribution is -1.78. The fourth-order valence-electron chi connectivity index (χ4n) is 0.984. The molecule has 1 aromatic carbocycles. The van der Waals surface area contributed by atoms with Crippen LogP contribution in [-0.4, -0.2) is 15.1 Å². The minimum Gasteiger partial charge on any atom is -0.493 e. The van der Waals surface area contributed by atoms with Crippen LogP contribution in [-0.2, 0) is 0 Å². The molecule has 15 heavy (non-hydrogen) atoms. The van der Waals surface area contributed by atoms with E-state index in [1.807, 2.05) is 30.3 Å². The second kappa shape index (κ2) is 4.28. The Hall–Kier alpha value is -2.30. The van der Waals surface area contributed by atoms with Gasteiger partial charge < -0.3 is 5.11 Å². The first-order valence-corrected chi connectivity index (χ1v) is 4.33. The maximum atomic E-state index is 9.06. The molecule has 1 N–H and O–H groups in total. The van der Waals surface area contributed by atoms with E-state index in [0.29, 0.717) is 5.69 Å². The molecule has 0 amide bonds. The van der Waals surface area contributed by atoms with E-state index in [4.69, 9.17) is 5.11 Å². The molecule has 2 rings (SSSR count). The summed E-state index contributed by atoms with van der Waals surface area (Å²) in [7, 11) is 0. The zero-order chi connectivity index (χ0) is 10.5. The van der Waals surface area contributed by atoms with Crippen LogP contribution in [0.4, 0.5) is 11.6 Å². The molecule has 0 spiro atoms. The number of hydrogen-bond donors (Lipinski definition) is 1. The second-order valence-corrected chi connectivity index (χ2v) is 2.75. The molecular formula is C10H8N4O. The van der Waals surface area contributed by atoms with Crippen molar-refractivity contribution in [2.75, 3.05) is 0 Å². The van der Waals surface area contributed by atoms with Gasteiger partial charge in [-0.15, -0.1) is 10.2 Å². The third-order valence-electron chi connectivity index (χ3n) is 1.64. The summed E-state index contributed by atoms with van der Waals surface area (Å²) in [5, 5.41) is 16.7. The predicted octanol–water partition coefficient (Wildman–Crippen LogP) is 2.60. The van der Waals surface area contributed by atoms with Crippen LogP contribution in [0.5, 0.6) is 5.88 Å². The van der Waals surface area contributed by atoms with E-state index < -0.39 is 0 Å². The van der Waals surface area contributed by atoms with Gasteiger partial charge in [0, 0.05) is 12.3 Å². The van der Waals surface area contributed by atoms with E-state index in [0.717, 1.165) is 0 Å². The van der Waals surface area contributed by atoms with E-state index in [9.17, 15) is 0 Å². The summed E-state index contributed by atoms with van der Waals surface area (Å²) in [4.78, 5) is 7.50. The van der Waals surface area contributed by atoms with E-state index in [1.165, 1.54) is 12.3 Å². The highest BCUT2D eigenvalue weighted by Gasteiger charge is 1.94. The van der Waals surface area contributed by atoms with Crippen molar-refractivity contribution in [1.29, 1.82) is 0 Å². The summed E-state index contributed by atoms with van der Waals surface area (Å²) in [5.74, 6) is 0.0193. The number of aromatic hydroxyl groups is 1. The van der Waals surface area contributed by atoms with Gasteiger partial charge in [0.1, 0.15) is 0 Å². The standard InChI is InChI=1S/C10H8N4O/c15-9-6-7-11-10(12-9)14-13-8-4-2-1-3-5-8/h1-7H,(H,11,12,15). The Kier molecular flexibility index (Phi) is 2.64. The Balaban J connectivity index is 2.19. The third-order valence-corrected chi connectivity index (χ3v) is 1.64. The summed E-state index contributed by atoms with van der Waals surface area (Å²) >= 11 is 0. The summed E-state index contributed by atoms with van der Waals surface area (Å²) in [6.07, 6.45) is 1.42. The number of aromatic nitrogens is 2. The largest absolute Gasteiger partial charge is 0.493 e. The van der Waals surface area contributed by atoms with Crippen LogP contribution in [0.2, 0.25) is 0 Å². The lowest BCUT2D eigenvalue weighted by Gasteiger charge is -1.92. The Labute approximate surface area is 86.2 Å². The predicted molar refractivity (Wildman–Crippen MR) is 54.3 cm³/mol. The van der Waals surface area contributed by atoms with Crippen molar-refractivity contribution in [3.63, 3.8) is 0 Å². The second-order valence-electron chi connectivity index (χ2n) is 2.75. The number of azo groups is 1. The molecule has 0 aliphatic carbocycles. The summed E-state index contributed by atoms with van der Waals surface area (Å²) in [6.45, 7) is 0. The van der Waals surface area contributed by atoms with Crippen LogP contribution in [0.1, 0.15) is 0 Å². The molecule has 0 unspecified atom stereocenters. The summed E-state index contributed by atoms with van der Waals surface area (Å²) in [6, 6.07) is 10.6. The van der Waals surface area contributed by atoms with Gasteiger partial charge in [0.15, 0.2) is 0 Å². The molecule has 0 bridgehead atoms. The quantitative estimate of drug-likeness (QED) is 0.757. The van der Waals surface area contributed by atoms with Crippen LogP contribution in [0.25, 0.3) is 0 Å². The molecule has 1 aromatic heterocycles. The molecule has 74 valence electrons. The van der Waals surface area contributed by atoms with Crippen molar-refractivity contribution in [3.05, 3.63) is 42.6 Å². The topological polar surface area (TPSA) is 70.7 Å². The fourth-order valence-corrected chi connectivity index (χ4v) is 0.984. The van der Waals surface area contributed by atoms with Crippen LogP contribution >= 0.6 is 0 Å². The molecule has 0 fully saturated rings. The molecular weight excluding hydrogens is 192 g/mol. The Morgan fingerprint density at radius 3 is 2.53 bits per heavy atom. The zero-order valence-electron chi connectivity index (χ0n) is 7.78. The Morgan fingerprint density at radius 2 is 1.80 bits per heavy atom. The normalized spacial score (nSPS) is 10.7. The molecule has 2 aromatic rings. The molecule has 1 heterocycles. The molecule has 0 atom stereocenters. The smallest absolute Gasteiger partial charge is 0.272 e. The highest BCUT2D eigenvalue weighted by atomic mass is 16.3. The highest BCUT2D eigenvalue weighted by Crippen LogP contribution is 2.15. The fraction of sp³-hybridized carbons (Fsp3) is 0. The van der Waals surface area contributed by atoms with Crippen molar-refractivity contribution in [3.8, 4) is 5.88 Å². The molecule has 0 saturated heterocycles. The van der Waals surface area contributed by atoms with Crippen molar-refractivity contribution in [1.82, 2.24) is 9.97 Å². The monoisotopic (exact) mass is 200 g/mol. The van der Waals surface area contributed by atoms with Gasteiger partial charge in [-0.1, -0.05) is 18.2 Å². The lowest BCUT2D eigenvalue weighted by atomic mass is 10.3. The molecule has 5 nitrogen and oxygen atoms in total. The minimum atomic E-state index is -0.119. The van der Waals surface area contributed by atoms with Crippen molar-refractivity contribution in [2.24, 2.45) is 10.2 Å². The van der Waals surface area contributed by atoms with Crippen LogP contribution in [0, 0.1) is 0 Å². The van der Waals surface area contributed by atoms with E-state index in [1.54, 1.807) is 0 Å². The third kappa shape index (κ3) is 2.57. The molecule has 0 saturated carbocycles. The first kappa shape index (κ1) is 9.26. The van der Waals surface area contributed by atoms with Crippen LogP contribution < -0.4 is 0 Å². The average Bonchev–Trinajstić information content (AvgIpc) is 2.28. The van der Waals surface area contributed by atoms with Gasteiger partial charge in [-0.05, 0) is 12.1 Å². The molecule has 0 aliphatic heterocycles. The van der Waals surface area contributed by atoms with Gasteiger partial charge in [-0.3, -0.25) is 0 Å². The van der Waals surface area contributed by atoms with Gasteiger partial charge >= 0.3 is 0 Å². The van der Waals surface area contributed by atoms with Gasteiger partial charge in [-0.25, -0.2) is 4.98 Å². The van der Waals surface area contributed by atoms with Crippen molar-refractivity contribution in [2.45, 2.75) is 0 Å². The molecule has 5 heteroatoms. The van der Waals surface area contributed by atoms with Crippen LogP contribution in [0.15, 0.2) is 52.8 Å². The zero-order valence-corrected chi connectivity index (χ0v) is 7.78. The van der Waals surface area contributed by atoms with Crippen molar-refractivity contribution < 1.29 is 5.11 Å². The lowest BCUT2D eigenvalue weighted by molar-refractivity contribution is 0.452. The van der Waals surface area contributed by atoms with E-state index >= 15 is 0 Å². The van der Waals surface area contributed by atoms with E-state index in [2.05, 4.69) is 20.2 Å². The Bertz CT molecular complexity index is 470. The SMILES string of the molecule is Oc1ccnc(N=Nc2ccccc2)n1. The first-order chi connectivity index (χ1) is 7.34. The van der Waals surface area contributed by atoms with Gasteiger partial charge in [0.2, 0.25) is 5.88 Å². The van der Waals surface area contributed by atoms with Gasteiger partial charge in [0.25, 0.3) is 5.95 Å². The molecule has 0 radical (unpaired) electrons. The maximum Gasteiger partial charge on any atom is 0.272 e. The highest BCUT2D eigenvalue weighted by molar-refractivity contribution is 5.35. The number of nitrogens with zero attached hydrogens (tertiary/aromatic N) is 4. The van der Waals surface area contributed by atoms with Crippen molar-refractivity contribution >= 4 is 11.6 Å². The van der Waals surface area contributed by atoms with E-state index in [-0.39, 0.29) is 11.8 Å². The average molecular weight is 200 g/mol. The minimum absolute atomic E-state index is 0.119. The van der Waals surface area contributed by atoms with Crippen LogP contribution in [0.3, 0.4) is 0 Å². The first-order valence-electron chi connectivity index (χ1n) is 4.33. The number of rotatable bonds is 2. The summed E-state index contributed by atoms with van der Waals surface area (Å²) in [5.41, 5.74) is 0.712. The van der Waals surface area contributed by atoms with Gasteiger partial charge in [0.05, 0.1) is 5.69 Å². The number of benzene rings is 1. The van der Waals surface area contributed by atoms with Gasteiger partial charge in [-0.2, -0.15) is 4.98 Å².